The fourth-order valence-electron chi connectivity index (χ4n) is 3.72. The molecule has 3 heterocycles. The summed E-state index contributed by atoms with van der Waals surface area (Å²) in [5.41, 5.74) is 3.41. The molecule has 0 bridgehead atoms. The Morgan fingerprint density at radius 3 is 2.56 bits per heavy atom. The Morgan fingerprint density at radius 2 is 1.81 bits per heavy atom. The molecule has 0 unspecified atom stereocenters. The molecule has 1 aliphatic heterocycles. The highest BCUT2D eigenvalue weighted by molar-refractivity contribution is 6.08. The Kier molecular flexibility index (Phi) is 4.39. The summed E-state index contributed by atoms with van der Waals surface area (Å²) in [5.74, 6) is 1.04. The van der Waals surface area contributed by atoms with Crippen molar-refractivity contribution in [3.63, 3.8) is 0 Å². The first kappa shape index (κ1) is 17.3. The fraction of sp³-hybridized carbons (Fsp3) is 0.286. The van der Waals surface area contributed by atoms with E-state index >= 15 is 0 Å². The zero-order valence-corrected chi connectivity index (χ0v) is 15.8. The zero-order valence-electron chi connectivity index (χ0n) is 15.8. The smallest absolute Gasteiger partial charge is 0.261 e. The van der Waals surface area contributed by atoms with E-state index in [1.165, 1.54) is 0 Å². The number of fused-ring (bicyclic) bond motifs is 1. The number of hydrogen-bond donors (Lipinski definition) is 0. The van der Waals surface area contributed by atoms with Gasteiger partial charge in [-0.05, 0) is 37.1 Å². The molecule has 0 aliphatic carbocycles. The average Bonchev–Trinajstić information content (AvgIpc) is 3.01. The van der Waals surface area contributed by atoms with Crippen LogP contribution in [-0.4, -0.2) is 40.8 Å². The second-order valence-corrected chi connectivity index (χ2v) is 7.13. The topological polar surface area (TPSA) is 54.3 Å². The van der Waals surface area contributed by atoms with Crippen molar-refractivity contribution in [3.8, 4) is 5.82 Å². The second-order valence-electron chi connectivity index (χ2n) is 7.13. The van der Waals surface area contributed by atoms with Gasteiger partial charge in [-0.3, -0.25) is 4.79 Å². The Balaban J connectivity index is 1.75. The van der Waals surface area contributed by atoms with Crippen molar-refractivity contribution in [2.24, 2.45) is 5.92 Å². The summed E-state index contributed by atoms with van der Waals surface area (Å²) in [4.78, 5) is 21.9. The van der Waals surface area contributed by atoms with E-state index in [0.29, 0.717) is 23.8 Å². The number of para-hydroxylation sites is 2. The Bertz CT molecular complexity index is 966. The molecule has 1 aromatic carbocycles. The zero-order chi connectivity index (χ0) is 19.0. The predicted octanol–water partition coefficient (Wildman–Crippen LogP) is 3.31. The van der Waals surface area contributed by atoms with E-state index in [4.69, 9.17) is 0 Å². The lowest BCUT2D eigenvalue weighted by Gasteiger charge is -2.24. The molecule has 0 saturated heterocycles. The van der Waals surface area contributed by atoms with Gasteiger partial charge in [-0.25, -0.2) is 9.67 Å². The Morgan fingerprint density at radius 1 is 1.07 bits per heavy atom. The number of amides is 1. The first-order chi connectivity index (χ1) is 13.1. The van der Waals surface area contributed by atoms with Gasteiger partial charge in [0, 0.05) is 26.3 Å². The van der Waals surface area contributed by atoms with Crippen LogP contribution in [0.1, 0.15) is 23.0 Å². The highest BCUT2D eigenvalue weighted by atomic mass is 16.2. The normalized spacial score (nSPS) is 16.8. The Hall–Kier alpha value is -3.15. The van der Waals surface area contributed by atoms with Gasteiger partial charge in [0.05, 0.1) is 28.8 Å². The highest BCUT2D eigenvalue weighted by Crippen LogP contribution is 2.33. The summed E-state index contributed by atoms with van der Waals surface area (Å²) in [7, 11) is 2.08. The van der Waals surface area contributed by atoms with Gasteiger partial charge in [0.1, 0.15) is 0 Å². The number of carbonyl (C=O) groups excluding carboxylic acids is 1. The standard InChI is InChI=1S/C21H23N5O/c1-15-13-24(3)18-8-4-5-9-19(18)25(14-15)21(27)17-12-23-26(16(17)2)20-10-6-7-11-22-20/h4-12,15H,13-14H2,1-3H3/t15-/m0/s1. The summed E-state index contributed by atoms with van der Waals surface area (Å²) in [5, 5.41) is 4.41. The molecule has 6 heteroatoms. The molecular weight excluding hydrogens is 338 g/mol. The summed E-state index contributed by atoms with van der Waals surface area (Å²) in [6, 6.07) is 13.7. The van der Waals surface area contributed by atoms with Crippen molar-refractivity contribution in [2.45, 2.75) is 13.8 Å². The van der Waals surface area contributed by atoms with Crippen LogP contribution in [0.2, 0.25) is 0 Å². The average molecular weight is 361 g/mol. The predicted molar refractivity (Wildman–Crippen MR) is 107 cm³/mol. The minimum atomic E-state index is -0.0238. The summed E-state index contributed by atoms with van der Waals surface area (Å²) < 4.78 is 1.71. The van der Waals surface area contributed by atoms with Crippen LogP contribution in [0.4, 0.5) is 11.4 Å². The lowest BCUT2D eigenvalue weighted by Crippen LogP contribution is -2.35. The summed E-state index contributed by atoms with van der Waals surface area (Å²) in [6.07, 6.45) is 3.37. The molecule has 1 atom stereocenters. The monoisotopic (exact) mass is 361 g/mol. The van der Waals surface area contributed by atoms with Crippen molar-refractivity contribution in [3.05, 3.63) is 66.1 Å². The van der Waals surface area contributed by atoms with Crippen LogP contribution in [0.5, 0.6) is 0 Å². The van der Waals surface area contributed by atoms with Gasteiger partial charge in [-0.1, -0.05) is 25.1 Å². The molecule has 4 rings (SSSR count). The van der Waals surface area contributed by atoms with Crippen LogP contribution in [0.3, 0.4) is 0 Å². The number of nitrogens with zero attached hydrogens (tertiary/aromatic N) is 5. The van der Waals surface area contributed by atoms with E-state index in [0.717, 1.165) is 23.6 Å². The first-order valence-electron chi connectivity index (χ1n) is 9.14. The van der Waals surface area contributed by atoms with Crippen LogP contribution in [0, 0.1) is 12.8 Å². The first-order valence-corrected chi connectivity index (χ1v) is 9.14. The van der Waals surface area contributed by atoms with Crippen molar-refractivity contribution < 1.29 is 4.79 Å². The number of rotatable bonds is 2. The van der Waals surface area contributed by atoms with Gasteiger partial charge in [0.25, 0.3) is 5.91 Å². The maximum Gasteiger partial charge on any atom is 0.261 e. The maximum absolute atomic E-state index is 13.5. The largest absolute Gasteiger partial charge is 0.373 e. The third-order valence-electron chi connectivity index (χ3n) is 5.02. The van der Waals surface area contributed by atoms with Crippen molar-refractivity contribution in [2.75, 3.05) is 29.9 Å². The van der Waals surface area contributed by atoms with E-state index in [9.17, 15) is 4.79 Å². The molecule has 0 fully saturated rings. The molecule has 1 aliphatic rings. The lowest BCUT2D eigenvalue weighted by molar-refractivity contribution is 0.0983. The molecule has 138 valence electrons. The van der Waals surface area contributed by atoms with E-state index < -0.39 is 0 Å². The number of hydrogen-bond acceptors (Lipinski definition) is 4. The van der Waals surface area contributed by atoms with E-state index in [1.807, 2.05) is 48.2 Å². The summed E-state index contributed by atoms with van der Waals surface area (Å²) in [6.45, 7) is 5.67. The molecule has 0 N–H and O–H groups in total. The number of pyridine rings is 1. The van der Waals surface area contributed by atoms with Gasteiger partial charge >= 0.3 is 0 Å². The number of benzene rings is 1. The van der Waals surface area contributed by atoms with Crippen molar-refractivity contribution >= 4 is 17.3 Å². The van der Waals surface area contributed by atoms with Crippen molar-refractivity contribution in [1.29, 1.82) is 0 Å². The minimum absolute atomic E-state index is 0.0238. The van der Waals surface area contributed by atoms with Gasteiger partial charge in [0.2, 0.25) is 0 Å². The van der Waals surface area contributed by atoms with E-state index in [1.54, 1.807) is 17.1 Å². The third kappa shape index (κ3) is 3.07. The molecule has 6 nitrogen and oxygen atoms in total. The van der Waals surface area contributed by atoms with Crippen LogP contribution in [0.25, 0.3) is 5.82 Å². The highest BCUT2D eigenvalue weighted by Gasteiger charge is 2.29. The number of aromatic nitrogens is 3. The summed E-state index contributed by atoms with van der Waals surface area (Å²) >= 11 is 0. The van der Waals surface area contributed by atoms with Crippen molar-refractivity contribution in [1.82, 2.24) is 14.8 Å². The third-order valence-corrected chi connectivity index (χ3v) is 5.02. The lowest BCUT2D eigenvalue weighted by atomic mass is 10.1. The molecule has 0 spiro atoms. The molecule has 2 aromatic heterocycles. The van der Waals surface area contributed by atoms with Gasteiger partial charge in [-0.15, -0.1) is 0 Å². The molecule has 0 saturated carbocycles. The number of carbonyl (C=O) groups is 1. The number of anilines is 2. The van der Waals surface area contributed by atoms with Crippen LogP contribution >= 0.6 is 0 Å². The van der Waals surface area contributed by atoms with Gasteiger partial charge in [-0.2, -0.15) is 5.10 Å². The fourth-order valence-corrected chi connectivity index (χ4v) is 3.72. The quantitative estimate of drug-likeness (QED) is 0.703. The molecule has 27 heavy (non-hydrogen) atoms. The van der Waals surface area contributed by atoms with E-state index in [-0.39, 0.29) is 5.91 Å². The van der Waals surface area contributed by atoms with Crippen LogP contribution in [-0.2, 0) is 0 Å². The molecule has 1 amide bonds. The second kappa shape index (κ2) is 6.87. The van der Waals surface area contributed by atoms with Gasteiger partial charge in [0.15, 0.2) is 5.82 Å². The van der Waals surface area contributed by atoms with Gasteiger partial charge < -0.3 is 9.80 Å². The Labute approximate surface area is 159 Å². The van der Waals surface area contributed by atoms with Crippen LogP contribution < -0.4 is 9.80 Å². The van der Waals surface area contributed by atoms with E-state index in [2.05, 4.69) is 35.0 Å². The molecule has 3 aromatic rings. The van der Waals surface area contributed by atoms with Crippen LogP contribution in [0.15, 0.2) is 54.9 Å². The molecular formula is C21H23N5O. The molecule has 0 radical (unpaired) electrons. The SMILES string of the molecule is Cc1c(C(=O)N2C[C@@H](C)CN(C)c3ccccc32)cnn1-c1ccccn1. The minimum Gasteiger partial charge on any atom is -0.373 e. The maximum atomic E-state index is 13.5.